The number of ether oxygens (including phenoxy) is 2. The number of nitrogens with one attached hydrogen (secondary N) is 2. The second-order valence-electron chi connectivity index (χ2n) is 8.87. The molecule has 0 spiro atoms. The van der Waals surface area contributed by atoms with Crippen molar-refractivity contribution in [2.45, 2.75) is 32.8 Å². The van der Waals surface area contributed by atoms with Gasteiger partial charge < -0.3 is 20.1 Å². The number of ketones is 1. The van der Waals surface area contributed by atoms with Gasteiger partial charge in [0.25, 0.3) is 11.8 Å². The van der Waals surface area contributed by atoms with E-state index >= 15 is 0 Å². The first-order valence-electron chi connectivity index (χ1n) is 12.0. The van der Waals surface area contributed by atoms with E-state index in [1.165, 1.54) is 13.0 Å². The number of aromatic nitrogens is 3. The number of carbonyl (C=O) groups is 3. The van der Waals surface area contributed by atoms with E-state index in [0.717, 1.165) is 21.8 Å². The molecule has 4 aromatic rings. The molecular weight excluding hydrogens is 512 g/mol. The predicted octanol–water partition coefficient (Wildman–Crippen LogP) is 2.93. The number of alkyl halides is 1. The number of amides is 2. The molecule has 10 nitrogen and oxygen atoms in total. The zero-order chi connectivity index (χ0) is 27.5. The first-order valence-corrected chi connectivity index (χ1v) is 12.0. The molecule has 1 aliphatic heterocycles. The van der Waals surface area contributed by atoms with Gasteiger partial charge in [-0.05, 0) is 35.4 Å². The summed E-state index contributed by atoms with van der Waals surface area (Å²) in [7, 11) is 0. The van der Waals surface area contributed by atoms with Crippen LogP contribution in [0.15, 0.2) is 54.7 Å². The second-order valence-corrected chi connectivity index (χ2v) is 8.87. The lowest BCUT2D eigenvalue weighted by Gasteiger charge is -2.17. The number of rotatable bonds is 8. The highest BCUT2D eigenvalue weighted by Crippen LogP contribution is 2.24. The van der Waals surface area contributed by atoms with E-state index in [0.29, 0.717) is 17.1 Å². The molecule has 5 rings (SSSR count). The summed E-state index contributed by atoms with van der Waals surface area (Å²) in [6, 6.07) is 13.0. The van der Waals surface area contributed by atoms with E-state index in [1.807, 2.05) is 0 Å². The minimum atomic E-state index is -1.45. The van der Waals surface area contributed by atoms with Crippen molar-refractivity contribution in [1.82, 2.24) is 25.2 Å². The highest BCUT2D eigenvalue weighted by atomic mass is 19.1. The molecule has 12 heteroatoms. The minimum Gasteiger partial charge on any atom is -0.486 e. The molecular formula is C27H23F2N5O5. The lowest BCUT2D eigenvalue weighted by atomic mass is 10.0. The van der Waals surface area contributed by atoms with Gasteiger partial charge >= 0.3 is 0 Å². The zero-order valence-corrected chi connectivity index (χ0v) is 20.7. The van der Waals surface area contributed by atoms with E-state index in [-0.39, 0.29) is 48.9 Å². The van der Waals surface area contributed by atoms with Crippen molar-refractivity contribution in [3.8, 4) is 11.5 Å². The standard InChI is InChI=1S/C27H23F2N5O5/c1-15(28)39-20-5-2-16(3-6-20)11-31-27(37)23-10-22(33-25-21(29)13-32-34(23)25)26(36)30-12-17-4-7-24-18(8-17)9-19(35)14-38-24/h2-8,10,13,15H,9,11-12,14H2,1H3,(H,30,36)(H,31,37). The first-order chi connectivity index (χ1) is 18.8. The molecule has 0 saturated heterocycles. The topological polar surface area (TPSA) is 124 Å². The number of halogens is 2. The van der Waals surface area contributed by atoms with Crippen LogP contribution in [0.25, 0.3) is 5.65 Å². The molecule has 2 aromatic heterocycles. The van der Waals surface area contributed by atoms with Crippen molar-refractivity contribution in [2.75, 3.05) is 6.61 Å². The average Bonchev–Trinajstić information content (AvgIpc) is 3.30. The van der Waals surface area contributed by atoms with Gasteiger partial charge in [-0.15, -0.1) is 0 Å². The molecule has 1 atom stereocenters. The van der Waals surface area contributed by atoms with Crippen LogP contribution in [0.2, 0.25) is 0 Å². The number of hydrogen-bond donors (Lipinski definition) is 2. The van der Waals surface area contributed by atoms with Gasteiger partial charge in [-0.1, -0.05) is 18.2 Å². The molecule has 3 heterocycles. The van der Waals surface area contributed by atoms with E-state index in [1.54, 1.807) is 42.5 Å². The van der Waals surface area contributed by atoms with Crippen molar-refractivity contribution in [3.05, 3.63) is 88.6 Å². The molecule has 0 aliphatic carbocycles. The summed E-state index contributed by atoms with van der Waals surface area (Å²) in [6.45, 7) is 1.52. The quantitative estimate of drug-likeness (QED) is 0.356. The summed E-state index contributed by atoms with van der Waals surface area (Å²) in [5.74, 6) is -1.10. The van der Waals surface area contributed by atoms with Gasteiger partial charge in [-0.2, -0.15) is 5.10 Å². The smallest absolute Gasteiger partial charge is 0.270 e. The fourth-order valence-electron chi connectivity index (χ4n) is 4.08. The summed E-state index contributed by atoms with van der Waals surface area (Å²) in [6.07, 6.45) is -0.297. The molecule has 2 amide bonds. The summed E-state index contributed by atoms with van der Waals surface area (Å²) in [4.78, 5) is 41.6. The lowest BCUT2D eigenvalue weighted by molar-refractivity contribution is -0.121. The second kappa shape index (κ2) is 10.9. The molecule has 0 bridgehead atoms. The largest absolute Gasteiger partial charge is 0.486 e. The number of Topliss-reactive ketones (excluding diaryl/α,β-unsaturated/α-hetero) is 1. The van der Waals surface area contributed by atoms with Crippen molar-refractivity contribution in [2.24, 2.45) is 0 Å². The molecule has 2 N–H and O–H groups in total. The molecule has 1 unspecified atom stereocenters. The first kappa shape index (κ1) is 25.8. The highest BCUT2D eigenvalue weighted by molar-refractivity contribution is 5.98. The van der Waals surface area contributed by atoms with Gasteiger partial charge in [0.15, 0.2) is 17.2 Å². The molecule has 0 fully saturated rings. The number of fused-ring (bicyclic) bond motifs is 2. The van der Waals surface area contributed by atoms with Gasteiger partial charge in [0.05, 0.1) is 6.20 Å². The maximum absolute atomic E-state index is 14.4. The highest BCUT2D eigenvalue weighted by Gasteiger charge is 2.21. The van der Waals surface area contributed by atoms with Crippen LogP contribution in [0, 0.1) is 5.82 Å². The summed E-state index contributed by atoms with van der Waals surface area (Å²) < 4.78 is 38.7. The normalized spacial score (nSPS) is 13.4. The van der Waals surface area contributed by atoms with E-state index in [2.05, 4.69) is 20.7 Å². The number of carbonyl (C=O) groups excluding carboxylic acids is 3. The van der Waals surface area contributed by atoms with E-state index in [4.69, 9.17) is 9.47 Å². The predicted molar refractivity (Wildman–Crippen MR) is 134 cm³/mol. The molecule has 1 aliphatic rings. The lowest BCUT2D eigenvalue weighted by Crippen LogP contribution is -2.28. The number of hydrogen-bond acceptors (Lipinski definition) is 7. The number of nitrogens with zero attached hydrogens (tertiary/aromatic N) is 3. The summed E-state index contributed by atoms with van der Waals surface area (Å²) >= 11 is 0. The Balaban J connectivity index is 1.30. The third-order valence-electron chi connectivity index (χ3n) is 5.92. The van der Waals surface area contributed by atoms with Crippen LogP contribution in [0.4, 0.5) is 8.78 Å². The Morgan fingerprint density at radius 1 is 1.08 bits per heavy atom. The molecule has 0 radical (unpaired) electrons. The van der Waals surface area contributed by atoms with Crippen LogP contribution >= 0.6 is 0 Å². The van der Waals surface area contributed by atoms with Crippen LogP contribution in [-0.4, -0.2) is 45.2 Å². The van der Waals surface area contributed by atoms with Crippen LogP contribution in [0.5, 0.6) is 11.5 Å². The van der Waals surface area contributed by atoms with Crippen molar-refractivity contribution >= 4 is 23.2 Å². The Kier molecular flexibility index (Phi) is 7.17. The monoisotopic (exact) mass is 535 g/mol. The van der Waals surface area contributed by atoms with E-state index in [9.17, 15) is 23.2 Å². The third-order valence-corrected chi connectivity index (χ3v) is 5.92. The minimum absolute atomic E-state index is 0.0349. The number of benzene rings is 2. The van der Waals surface area contributed by atoms with Crippen molar-refractivity contribution in [1.29, 1.82) is 0 Å². The Morgan fingerprint density at radius 2 is 1.79 bits per heavy atom. The zero-order valence-electron chi connectivity index (χ0n) is 20.7. The Bertz CT molecular complexity index is 1570. The summed E-state index contributed by atoms with van der Waals surface area (Å²) in [5, 5.41) is 9.27. The van der Waals surface area contributed by atoms with E-state index < -0.39 is 24.0 Å². The van der Waals surface area contributed by atoms with Gasteiger partial charge in [-0.3, -0.25) is 14.4 Å². The van der Waals surface area contributed by atoms with Gasteiger partial charge in [-0.25, -0.2) is 18.3 Å². The van der Waals surface area contributed by atoms with Gasteiger partial charge in [0, 0.05) is 38.1 Å². The van der Waals surface area contributed by atoms with Gasteiger partial charge in [0.1, 0.15) is 29.5 Å². The van der Waals surface area contributed by atoms with Crippen molar-refractivity contribution < 1.29 is 32.6 Å². The third kappa shape index (κ3) is 5.84. The fourth-order valence-corrected chi connectivity index (χ4v) is 4.08. The maximum Gasteiger partial charge on any atom is 0.270 e. The maximum atomic E-state index is 14.4. The molecule has 0 saturated carbocycles. The van der Waals surface area contributed by atoms with Crippen LogP contribution in [0.1, 0.15) is 44.6 Å². The Hall–Kier alpha value is -4.87. The SMILES string of the molecule is CC(F)Oc1ccc(CNC(=O)c2cc(C(=O)NCc3ccc4c(c3)CC(=O)CO4)nc3c(F)cnn23)cc1. The fraction of sp³-hybridized carbons (Fsp3) is 0.222. The van der Waals surface area contributed by atoms with Crippen LogP contribution in [0.3, 0.4) is 0 Å². The Labute approximate surface area is 220 Å². The molecule has 2 aromatic carbocycles. The molecule has 39 heavy (non-hydrogen) atoms. The average molecular weight is 536 g/mol. The Morgan fingerprint density at radius 3 is 2.56 bits per heavy atom. The van der Waals surface area contributed by atoms with Crippen LogP contribution in [-0.2, 0) is 24.3 Å². The summed E-state index contributed by atoms with van der Waals surface area (Å²) in [5.41, 5.74) is 1.62. The van der Waals surface area contributed by atoms with Crippen molar-refractivity contribution in [3.63, 3.8) is 0 Å². The van der Waals surface area contributed by atoms with Gasteiger partial charge in [0.2, 0.25) is 6.36 Å². The molecule has 200 valence electrons. The van der Waals surface area contributed by atoms with Crippen LogP contribution < -0.4 is 20.1 Å².